The second-order valence-electron chi connectivity index (χ2n) is 7.70. The molecule has 7 heteroatoms. The van der Waals surface area contributed by atoms with E-state index < -0.39 is 5.41 Å². The molecule has 3 aliphatic rings. The number of aromatic nitrogens is 1. The average Bonchev–Trinajstić information content (AvgIpc) is 3.28. The molecule has 3 aliphatic heterocycles. The Morgan fingerprint density at radius 2 is 1.97 bits per heavy atom. The second-order valence-corrected chi connectivity index (χ2v) is 7.70. The quantitative estimate of drug-likeness (QED) is 0.770. The Bertz CT molecular complexity index is 1120. The van der Waals surface area contributed by atoms with E-state index in [1.54, 1.807) is 29.3 Å². The number of anilines is 1. The molecular formula is C24H23N3O4. The van der Waals surface area contributed by atoms with Crippen molar-refractivity contribution in [3.8, 4) is 17.2 Å². The maximum absolute atomic E-state index is 13.8. The zero-order chi connectivity index (χ0) is 21.4. The lowest BCUT2D eigenvalue weighted by Gasteiger charge is -2.24. The molecule has 1 spiro atoms. The number of hydrogen-bond acceptors (Lipinski definition) is 6. The highest BCUT2D eigenvalue weighted by Crippen LogP contribution is 2.52. The molecule has 2 N–H and O–H groups in total. The monoisotopic (exact) mass is 417 g/mol. The minimum Gasteiger partial charge on any atom is -0.491 e. The van der Waals surface area contributed by atoms with Crippen molar-refractivity contribution in [3.05, 3.63) is 78.2 Å². The van der Waals surface area contributed by atoms with Gasteiger partial charge in [-0.15, -0.1) is 0 Å². The second kappa shape index (κ2) is 7.50. The van der Waals surface area contributed by atoms with Crippen LogP contribution in [0.5, 0.6) is 17.2 Å². The fourth-order valence-corrected chi connectivity index (χ4v) is 4.39. The molecule has 1 amide bonds. The van der Waals surface area contributed by atoms with Crippen molar-refractivity contribution in [2.24, 2.45) is 0 Å². The van der Waals surface area contributed by atoms with E-state index in [4.69, 9.17) is 19.9 Å². The number of carbonyl (C=O) groups is 1. The summed E-state index contributed by atoms with van der Waals surface area (Å²) in [7, 11) is 0. The van der Waals surface area contributed by atoms with Gasteiger partial charge in [0.2, 0.25) is 5.91 Å². The van der Waals surface area contributed by atoms with Gasteiger partial charge in [0, 0.05) is 24.4 Å². The van der Waals surface area contributed by atoms with Crippen LogP contribution in [0.2, 0.25) is 0 Å². The summed E-state index contributed by atoms with van der Waals surface area (Å²) < 4.78 is 17.5. The van der Waals surface area contributed by atoms with E-state index in [2.05, 4.69) is 11.6 Å². The summed E-state index contributed by atoms with van der Waals surface area (Å²) in [4.78, 5) is 20.0. The molecule has 31 heavy (non-hydrogen) atoms. The largest absolute Gasteiger partial charge is 0.491 e. The topological polar surface area (TPSA) is 86.9 Å². The van der Waals surface area contributed by atoms with Crippen molar-refractivity contribution >= 4 is 11.6 Å². The number of ether oxygens (including phenoxy) is 3. The molecule has 1 aromatic carbocycles. The first-order chi connectivity index (χ1) is 15.1. The summed E-state index contributed by atoms with van der Waals surface area (Å²) in [5.74, 6) is 1.89. The molecule has 7 nitrogen and oxygen atoms in total. The third kappa shape index (κ3) is 3.04. The van der Waals surface area contributed by atoms with E-state index in [0.29, 0.717) is 54.9 Å². The van der Waals surface area contributed by atoms with E-state index in [-0.39, 0.29) is 12.5 Å². The summed E-state index contributed by atoms with van der Waals surface area (Å²) in [5.41, 5.74) is 8.15. The van der Waals surface area contributed by atoms with Gasteiger partial charge in [0.05, 0.1) is 17.9 Å². The first-order valence-corrected chi connectivity index (χ1v) is 10.2. The Labute approximate surface area is 180 Å². The van der Waals surface area contributed by atoms with Crippen LogP contribution in [0, 0.1) is 0 Å². The molecule has 1 aromatic heterocycles. The zero-order valence-electron chi connectivity index (χ0n) is 17.0. The molecule has 1 fully saturated rings. The van der Waals surface area contributed by atoms with Gasteiger partial charge in [-0.1, -0.05) is 30.9 Å². The molecule has 1 saturated heterocycles. The number of fused-ring (bicyclic) bond motifs is 3. The first-order valence-electron chi connectivity index (χ1n) is 10.2. The van der Waals surface area contributed by atoms with Gasteiger partial charge < -0.3 is 24.8 Å². The Balaban J connectivity index is 1.59. The minimum absolute atomic E-state index is 0.0359. The minimum atomic E-state index is -0.916. The molecule has 4 heterocycles. The number of nitrogens with zero attached hydrogens (tertiary/aromatic N) is 2. The van der Waals surface area contributed by atoms with Crippen LogP contribution in [0.15, 0.2) is 66.9 Å². The number of nitrogen functional groups attached to an aromatic ring is 1. The van der Waals surface area contributed by atoms with Gasteiger partial charge in [-0.25, -0.2) is 0 Å². The number of hydrogen-bond donors (Lipinski definition) is 1. The third-order valence-electron chi connectivity index (χ3n) is 5.92. The SMILES string of the molecule is C=C/C=C\C=C1/CN(Cc2ncccc2N)C(=O)C12COc1cc3c(cc12)OCCO3. The summed E-state index contributed by atoms with van der Waals surface area (Å²) in [6, 6.07) is 7.28. The van der Waals surface area contributed by atoms with Crippen molar-refractivity contribution in [2.45, 2.75) is 12.0 Å². The highest BCUT2D eigenvalue weighted by molar-refractivity contribution is 5.97. The van der Waals surface area contributed by atoms with Crippen molar-refractivity contribution in [3.63, 3.8) is 0 Å². The number of rotatable bonds is 4. The Morgan fingerprint density at radius 1 is 1.16 bits per heavy atom. The van der Waals surface area contributed by atoms with Crippen LogP contribution in [0.3, 0.4) is 0 Å². The number of carbonyl (C=O) groups excluding carboxylic acids is 1. The molecule has 2 aromatic rings. The lowest BCUT2D eigenvalue weighted by Crippen LogP contribution is -2.40. The Kier molecular flexibility index (Phi) is 4.66. The van der Waals surface area contributed by atoms with Crippen LogP contribution in [0.1, 0.15) is 11.3 Å². The van der Waals surface area contributed by atoms with Crippen LogP contribution in [0.25, 0.3) is 0 Å². The molecule has 5 rings (SSSR count). The van der Waals surface area contributed by atoms with Crippen LogP contribution >= 0.6 is 0 Å². The third-order valence-corrected chi connectivity index (χ3v) is 5.92. The first kappa shape index (κ1) is 19.2. The number of amides is 1. The van der Waals surface area contributed by atoms with Crippen molar-refractivity contribution < 1.29 is 19.0 Å². The molecular weight excluding hydrogens is 394 g/mol. The van der Waals surface area contributed by atoms with Crippen LogP contribution < -0.4 is 19.9 Å². The van der Waals surface area contributed by atoms with Crippen LogP contribution in [-0.4, -0.2) is 42.2 Å². The standard InChI is InChI=1S/C24H23N3O4/c1-2-3-4-6-16-13-27(14-19-18(25)7-5-8-26-19)23(28)24(16)15-31-20-12-22-21(11-17(20)24)29-9-10-30-22/h2-8,11-12H,1,9-10,13-15,25H2/b4-3-,16-6+. The van der Waals surface area contributed by atoms with Gasteiger partial charge in [0.15, 0.2) is 11.5 Å². The van der Waals surface area contributed by atoms with E-state index in [0.717, 1.165) is 11.1 Å². The fraction of sp³-hybridized carbons (Fsp3) is 0.250. The molecule has 1 unspecified atom stereocenters. The molecule has 158 valence electrons. The lowest BCUT2D eigenvalue weighted by atomic mass is 9.77. The van der Waals surface area contributed by atoms with Gasteiger partial charge in [0.25, 0.3) is 0 Å². The van der Waals surface area contributed by atoms with E-state index >= 15 is 0 Å². The van der Waals surface area contributed by atoms with E-state index in [1.807, 2.05) is 30.4 Å². The molecule has 0 saturated carbocycles. The smallest absolute Gasteiger partial charge is 0.241 e. The maximum Gasteiger partial charge on any atom is 0.241 e. The molecule has 1 atom stereocenters. The highest BCUT2D eigenvalue weighted by Gasteiger charge is 2.57. The van der Waals surface area contributed by atoms with Crippen molar-refractivity contribution in [1.29, 1.82) is 0 Å². The predicted molar refractivity (Wildman–Crippen MR) is 116 cm³/mol. The number of allylic oxidation sites excluding steroid dienone is 4. The van der Waals surface area contributed by atoms with Gasteiger partial charge in [0.1, 0.15) is 31.0 Å². The molecule has 0 aliphatic carbocycles. The Morgan fingerprint density at radius 3 is 2.74 bits per heavy atom. The number of likely N-dealkylation sites (tertiary alicyclic amines) is 1. The van der Waals surface area contributed by atoms with Crippen molar-refractivity contribution in [2.75, 3.05) is 32.1 Å². The van der Waals surface area contributed by atoms with Crippen LogP contribution in [-0.2, 0) is 16.8 Å². The number of benzene rings is 1. The lowest BCUT2D eigenvalue weighted by molar-refractivity contribution is -0.133. The average molecular weight is 417 g/mol. The zero-order valence-corrected chi connectivity index (χ0v) is 17.0. The maximum atomic E-state index is 13.8. The summed E-state index contributed by atoms with van der Waals surface area (Å²) >= 11 is 0. The predicted octanol–water partition coefficient (Wildman–Crippen LogP) is 2.78. The Hall–Kier alpha value is -3.74. The summed E-state index contributed by atoms with van der Waals surface area (Å²) in [5, 5.41) is 0. The molecule has 0 bridgehead atoms. The number of nitrogens with two attached hydrogens (primary N) is 1. The summed E-state index contributed by atoms with van der Waals surface area (Å²) in [6.45, 7) is 5.70. The van der Waals surface area contributed by atoms with E-state index in [9.17, 15) is 4.79 Å². The normalized spacial score (nSPS) is 22.9. The van der Waals surface area contributed by atoms with Gasteiger partial charge in [-0.05, 0) is 23.8 Å². The van der Waals surface area contributed by atoms with Crippen LogP contribution in [0.4, 0.5) is 5.69 Å². The van der Waals surface area contributed by atoms with Crippen molar-refractivity contribution in [1.82, 2.24) is 9.88 Å². The van der Waals surface area contributed by atoms with Gasteiger partial charge in [-0.3, -0.25) is 9.78 Å². The fourth-order valence-electron chi connectivity index (χ4n) is 4.39. The van der Waals surface area contributed by atoms with Gasteiger partial charge >= 0.3 is 0 Å². The van der Waals surface area contributed by atoms with Gasteiger partial charge in [-0.2, -0.15) is 0 Å². The van der Waals surface area contributed by atoms with E-state index in [1.165, 1.54) is 0 Å². The number of pyridine rings is 1. The summed E-state index contributed by atoms with van der Waals surface area (Å²) in [6.07, 6.45) is 9.09. The highest BCUT2D eigenvalue weighted by atomic mass is 16.6. The molecule has 0 radical (unpaired) electrons.